The molecule has 0 N–H and O–H groups in total. The summed E-state index contributed by atoms with van der Waals surface area (Å²) in [6, 6.07) is 0. The minimum Gasteiger partial charge on any atom is -0.383 e. The van der Waals surface area contributed by atoms with E-state index in [0.717, 1.165) is 5.69 Å². The Balaban J connectivity index is 2.68. The molecule has 1 aromatic rings. The van der Waals surface area contributed by atoms with Crippen LogP contribution in [0.15, 0.2) is 6.20 Å². The molecule has 0 fully saturated rings. The fraction of sp³-hybridized carbons (Fsp3) is 0.714. The highest BCUT2D eigenvalue weighted by atomic mass is 79.9. The maximum Gasteiger partial charge on any atom is 0.109 e. The Morgan fingerprint density at radius 1 is 1.77 bits per heavy atom. The van der Waals surface area contributed by atoms with E-state index in [0.29, 0.717) is 6.61 Å². The van der Waals surface area contributed by atoms with Crippen molar-refractivity contribution >= 4 is 15.9 Å². The highest BCUT2D eigenvalue weighted by Crippen LogP contribution is 2.21. The summed E-state index contributed by atoms with van der Waals surface area (Å²) in [5, 5.41) is 7.46. The lowest BCUT2D eigenvalue weighted by molar-refractivity contribution is 0.199. The number of hydrogen-bond acceptors (Lipinski definition) is 3. The molecule has 0 radical (unpaired) electrons. The van der Waals surface area contributed by atoms with Crippen molar-refractivity contribution in [2.75, 3.05) is 20.4 Å². The van der Waals surface area contributed by atoms with Crippen LogP contribution in [0.4, 0.5) is 4.39 Å². The molecule has 0 spiro atoms. The summed E-state index contributed by atoms with van der Waals surface area (Å²) < 4.78 is 18.5. The normalized spacial score (nSPS) is 13.2. The van der Waals surface area contributed by atoms with Gasteiger partial charge in [-0.2, -0.15) is 0 Å². The van der Waals surface area contributed by atoms with E-state index in [9.17, 15) is 4.39 Å². The average molecular weight is 252 g/mol. The molecular formula is C7H11BrFN3O. The van der Waals surface area contributed by atoms with Gasteiger partial charge >= 0.3 is 0 Å². The van der Waals surface area contributed by atoms with Crippen LogP contribution >= 0.6 is 15.9 Å². The Bertz CT molecular complexity index is 256. The molecule has 0 saturated heterocycles. The van der Waals surface area contributed by atoms with E-state index in [1.807, 2.05) is 0 Å². The van der Waals surface area contributed by atoms with Crippen LogP contribution in [-0.2, 0) is 11.3 Å². The van der Waals surface area contributed by atoms with Crippen LogP contribution in [0.5, 0.6) is 0 Å². The zero-order valence-electron chi connectivity index (χ0n) is 7.28. The molecule has 1 rings (SSSR count). The van der Waals surface area contributed by atoms with Crippen LogP contribution in [0, 0.1) is 0 Å². The quantitative estimate of drug-likeness (QED) is 0.742. The van der Waals surface area contributed by atoms with Crippen molar-refractivity contribution in [1.29, 1.82) is 0 Å². The Labute approximate surface area is 84.2 Å². The van der Waals surface area contributed by atoms with Crippen LogP contribution in [0.3, 0.4) is 0 Å². The van der Waals surface area contributed by atoms with Gasteiger partial charge in [0.1, 0.15) is 6.67 Å². The highest BCUT2D eigenvalue weighted by Gasteiger charge is 2.13. The van der Waals surface area contributed by atoms with E-state index in [2.05, 4.69) is 26.2 Å². The van der Waals surface area contributed by atoms with Gasteiger partial charge in [0.2, 0.25) is 0 Å². The van der Waals surface area contributed by atoms with Gasteiger partial charge in [0.15, 0.2) is 0 Å². The van der Waals surface area contributed by atoms with E-state index in [1.54, 1.807) is 13.3 Å². The molecule has 13 heavy (non-hydrogen) atoms. The van der Waals surface area contributed by atoms with Crippen molar-refractivity contribution in [2.45, 2.75) is 11.4 Å². The number of alkyl halides is 2. The number of aromatic nitrogens is 3. The van der Waals surface area contributed by atoms with E-state index in [4.69, 9.17) is 4.74 Å². The SMILES string of the molecule is COCC(Br)c1cnnn1CCF. The number of ether oxygens (including phenoxy) is 1. The van der Waals surface area contributed by atoms with Crippen LogP contribution in [-0.4, -0.2) is 35.4 Å². The summed E-state index contributed by atoms with van der Waals surface area (Å²) in [7, 11) is 1.61. The molecule has 1 heterocycles. The predicted molar refractivity (Wildman–Crippen MR) is 49.5 cm³/mol. The predicted octanol–water partition coefficient (Wildman–Crippen LogP) is 1.33. The first-order valence-corrected chi connectivity index (χ1v) is 4.78. The van der Waals surface area contributed by atoms with Gasteiger partial charge in [-0.25, -0.2) is 9.07 Å². The van der Waals surface area contributed by atoms with Crippen LogP contribution in [0.1, 0.15) is 10.5 Å². The fourth-order valence-electron chi connectivity index (χ4n) is 0.994. The summed E-state index contributed by atoms with van der Waals surface area (Å²) in [4.78, 5) is 0.0130. The minimum atomic E-state index is -0.441. The second-order valence-electron chi connectivity index (χ2n) is 2.49. The van der Waals surface area contributed by atoms with Crippen LogP contribution in [0.25, 0.3) is 0 Å². The third-order valence-corrected chi connectivity index (χ3v) is 2.31. The topological polar surface area (TPSA) is 39.9 Å². The fourth-order valence-corrected chi connectivity index (χ4v) is 1.61. The number of methoxy groups -OCH3 is 1. The molecular weight excluding hydrogens is 241 g/mol. The third kappa shape index (κ3) is 2.73. The minimum absolute atomic E-state index is 0.0130. The number of aryl methyl sites for hydroxylation is 1. The molecule has 0 aromatic carbocycles. The van der Waals surface area contributed by atoms with Crippen molar-refractivity contribution in [3.8, 4) is 0 Å². The first-order chi connectivity index (χ1) is 6.29. The molecule has 74 valence electrons. The van der Waals surface area contributed by atoms with Gasteiger partial charge < -0.3 is 4.74 Å². The number of hydrogen-bond donors (Lipinski definition) is 0. The molecule has 1 unspecified atom stereocenters. The first-order valence-electron chi connectivity index (χ1n) is 3.87. The zero-order valence-corrected chi connectivity index (χ0v) is 8.87. The molecule has 0 bridgehead atoms. The Morgan fingerprint density at radius 3 is 3.15 bits per heavy atom. The highest BCUT2D eigenvalue weighted by molar-refractivity contribution is 9.09. The number of halogens is 2. The van der Waals surface area contributed by atoms with E-state index < -0.39 is 6.67 Å². The molecule has 0 aliphatic carbocycles. The standard InChI is InChI=1S/C7H11BrFN3O/c1-13-5-6(8)7-4-10-11-12(7)3-2-9/h4,6H,2-3,5H2,1H3. The number of nitrogens with zero attached hydrogens (tertiary/aromatic N) is 3. The Hall–Kier alpha value is -0.490. The third-order valence-electron chi connectivity index (χ3n) is 1.58. The molecule has 0 amide bonds. The van der Waals surface area contributed by atoms with Crippen molar-refractivity contribution in [3.63, 3.8) is 0 Å². The Kier molecular flexibility index (Phi) is 4.31. The second-order valence-corrected chi connectivity index (χ2v) is 3.60. The van der Waals surface area contributed by atoms with Crippen molar-refractivity contribution < 1.29 is 9.13 Å². The molecule has 0 aliphatic rings. The van der Waals surface area contributed by atoms with Gasteiger partial charge in [0.25, 0.3) is 0 Å². The second kappa shape index (κ2) is 5.29. The van der Waals surface area contributed by atoms with Crippen LogP contribution in [0.2, 0.25) is 0 Å². The lowest BCUT2D eigenvalue weighted by Gasteiger charge is -2.09. The van der Waals surface area contributed by atoms with Gasteiger partial charge in [0.05, 0.1) is 29.9 Å². The average Bonchev–Trinajstić information content (AvgIpc) is 2.54. The Morgan fingerprint density at radius 2 is 2.54 bits per heavy atom. The summed E-state index contributed by atoms with van der Waals surface area (Å²) >= 11 is 3.40. The van der Waals surface area contributed by atoms with Crippen molar-refractivity contribution in [2.24, 2.45) is 0 Å². The van der Waals surface area contributed by atoms with Crippen molar-refractivity contribution in [1.82, 2.24) is 15.0 Å². The largest absolute Gasteiger partial charge is 0.383 e. The van der Waals surface area contributed by atoms with Gasteiger partial charge in [-0.1, -0.05) is 21.1 Å². The maximum atomic E-state index is 12.1. The summed E-state index contributed by atoms with van der Waals surface area (Å²) in [5.41, 5.74) is 0.833. The lowest BCUT2D eigenvalue weighted by atomic mass is 10.3. The first kappa shape index (κ1) is 10.6. The number of rotatable bonds is 5. The van der Waals surface area contributed by atoms with Crippen LogP contribution < -0.4 is 0 Å². The summed E-state index contributed by atoms with van der Waals surface area (Å²) in [6.07, 6.45) is 1.61. The van der Waals surface area contributed by atoms with Gasteiger partial charge in [-0.15, -0.1) is 5.10 Å². The summed E-state index contributed by atoms with van der Waals surface area (Å²) in [5.74, 6) is 0. The molecule has 4 nitrogen and oxygen atoms in total. The van der Waals surface area contributed by atoms with E-state index in [1.165, 1.54) is 4.68 Å². The van der Waals surface area contributed by atoms with Crippen molar-refractivity contribution in [3.05, 3.63) is 11.9 Å². The van der Waals surface area contributed by atoms with Gasteiger partial charge in [-0.3, -0.25) is 0 Å². The maximum absolute atomic E-state index is 12.1. The molecule has 0 saturated carbocycles. The molecule has 6 heteroatoms. The molecule has 1 atom stereocenters. The van der Waals surface area contributed by atoms with Gasteiger partial charge in [0, 0.05) is 7.11 Å². The molecule has 1 aromatic heterocycles. The monoisotopic (exact) mass is 251 g/mol. The summed E-state index contributed by atoms with van der Waals surface area (Å²) in [6.45, 7) is 0.309. The van der Waals surface area contributed by atoms with E-state index in [-0.39, 0.29) is 11.4 Å². The molecule has 0 aliphatic heterocycles. The smallest absolute Gasteiger partial charge is 0.109 e. The van der Waals surface area contributed by atoms with Gasteiger partial charge in [-0.05, 0) is 0 Å². The zero-order chi connectivity index (χ0) is 9.68. The van der Waals surface area contributed by atoms with E-state index >= 15 is 0 Å². The lowest BCUT2D eigenvalue weighted by Crippen LogP contribution is -2.10.